The van der Waals surface area contributed by atoms with Crippen LogP contribution in [0.2, 0.25) is 0 Å². The number of hydrogen-bond donors (Lipinski definition) is 1. The summed E-state index contributed by atoms with van der Waals surface area (Å²) in [5.74, 6) is 0.607. The van der Waals surface area contributed by atoms with E-state index >= 15 is 0 Å². The zero-order chi connectivity index (χ0) is 18.3. The second-order valence-electron chi connectivity index (χ2n) is 6.41. The lowest BCUT2D eigenvalue weighted by molar-refractivity contribution is 0.0527. The Hall–Kier alpha value is -2.97. The smallest absolute Gasteiger partial charge is 0.341 e. The summed E-state index contributed by atoms with van der Waals surface area (Å²) in [6.07, 6.45) is 4.89. The molecule has 0 fully saturated rings. The first-order valence-corrected chi connectivity index (χ1v) is 8.71. The van der Waals surface area contributed by atoms with E-state index in [1.54, 1.807) is 24.1 Å². The lowest BCUT2D eigenvalue weighted by Crippen LogP contribution is -2.32. The van der Waals surface area contributed by atoms with Crippen molar-refractivity contribution in [2.24, 2.45) is 7.05 Å². The Bertz CT molecular complexity index is 975. The third-order valence-electron chi connectivity index (χ3n) is 4.68. The first-order chi connectivity index (χ1) is 12.6. The molecule has 4 rings (SSSR count). The number of nitrogens with zero attached hydrogens (tertiary/aromatic N) is 6. The maximum atomic E-state index is 12.5. The molecule has 1 unspecified atom stereocenters. The first-order valence-electron chi connectivity index (χ1n) is 8.71. The number of pyridine rings is 1. The molecule has 1 N–H and O–H groups in total. The van der Waals surface area contributed by atoms with E-state index in [-0.39, 0.29) is 12.0 Å². The van der Waals surface area contributed by atoms with Crippen LogP contribution in [0.3, 0.4) is 0 Å². The fraction of sp³-hybridized carbons (Fsp3) is 0.471. The van der Waals surface area contributed by atoms with Gasteiger partial charge < -0.3 is 10.1 Å². The van der Waals surface area contributed by atoms with Gasteiger partial charge in [-0.15, -0.1) is 0 Å². The zero-order valence-electron chi connectivity index (χ0n) is 15.1. The molecule has 3 aromatic rings. The normalized spacial score (nSPS) is 16.5. The molecular weight excluding hydrogens is 334 g/mol. The van der Waals surface area contributed by atoms with Crippen molar-refractivity contribution in [1.82, 2.24) is 29.5 Å². The summed E-state index contributed by atoms with van der Waals surface area (Å²) in [6, 6.07) is 0.127. The fourth-order valence-electron chi connectivity index (χ4n) is 3.48. The van der Waals surface area contributed by atoms with Gasteiger partial charge in [0, 0.05) is 25.7 Å². The minimum atomic E-state index is -0.384. The minimum absolute atomic E-state index is 0.127. The van der Waals surface area contributed by atoms with Gasteiger partial charge in [-0.2, -0.15) is 10.2 Å². The van der Waals surface area contributed by atoms with Gasteiger partial charge >= 0.3 is 5.97 Å². The molecule has 136 valence electrons. The summed E-state index contributed by atoms with van der Waals surface area (Å²) in [5, 5.41) is 13.1. The predicted molar refractivity (Wildman–Crippen MR) is 95.0 cm³/mol. The van der Waals surface area contributed by atoms with Crippen LogP contribution in [0.1, 0.15) is 35.2 Å². The second-order valence-corrected chi connectivity index (χ2v) is 6.41. The lowest BCUT2D eigenvalue weighted by atomic mass is 10.0. The molecule has 0 amide bonds. The number of aromatic nitrogens is 6. The molecule has 0 spiro atoms. The molecule has 0 bridgehead atoms. The number of carbonyl (C=O) groups is 1. The Morgan fingerprint density at radius 2 is 2.27 bits per heavy atom. The van der Waals surface area contributed by atoms with Gasteiger partial charge in [0.1, 0.15) is 17.7 Å². The van der Waals surface area contributed by atoms with Crippen molar-refractivity contribution < 1.29 is 9.53 Å². The Morgan fingerprint density at radius 1 is 1.42 bits per heavy atom. The molecule has 0 saturated carbocycles. The van der Waals surface area contributed by atoms with Crippen molar-refractivity contribution in [1.29, 1.82) is 0 Å². The number of hydrogen-bond acceptors (Lipinski definition) is 7. The highest BCUT2D eigenvalue weighted by Gasteiger charge is 2.25. The van der Waals surface area contributed by atoms with E-state index in [1.807, 2.05) is 18.7 Å². The van der Waals surface area contributed by atoms with Crippen molar-refractivity contribution in [3.8, 4) is 0 Å². The molecular formula is C17H21N7O2. The van der Waals surface area contributed by atoms with Crippen LogP contribution in [0.15, 0.2) is 12.5 Å². The molecule has 9 nitrogen and oxygen atoms in total. The van der Waals surface area contributed by atoms with Crippen LogP contribution in [0.5, 0.6) is 0 Å². The van der Waals surface area contributed by atoms with Gasteiger partial charge in [0.15, 0.2) is 5.65 Å². The molecule has 4 heterocycles. The molecule has 0 radical (unpaired) electrons. The average Bonchev–Trinajstić information content (AvgIpc) is 3.19. The summed E-state index contributed by atoms with van der Waals surface area (Å²) in [5.41, 5.74) is 2.71. The highest BCUT2D eigenvalue weighted by molar-refractivity contribution is 6.05. The third kappa shape index (κ3) is 2.69. The maximum absolute atomic E-state index is 12.5. The standard InChI is InChI=1S/C17H21N7O2/c1-4-26-17(25)12-7-18-16-14(10(2)22-23(16)3)15(12)21-11-5-6-13-19-9-20-24(13)8-11/h7,9,11H,4-6,8H2,1-3H3,(H,18,21). The summed E-state index contributed by atoms with van der Waals surface area (Å²) in [7, 11) is 1.85. The third-order valence-corrected chi connectivity index (χ3v) is 4.68. The van der Waals surface area contributed by atoms with Gasteiger partial charge in [-0.05, 0) is 20.3 Å². The Morgan fingerprint density at radius 3 is 3.08 bits per heavy atom. The highest BCUT2D eigenvalue weighted by atomic mass is 16.5. The van der Waals surface area contributed by atoms with E-state index in [4.69, 9.17) is 4.74 Å². The van der Waals surface area contributed by atoms with Crippen molar-refractivity contribution in [3.05, 3.63) is 29.6 Å². The van der Waals surface area contributed by atoms with E-state index in [0.29, 0.717) is 18.7 Å². The highest BCUT2D eigenvalue weighted by Crippen LogP contribution is 2.31. The Kier molecular flexibility index (Phi) is 4.06. The van der Waals surface area contributed by atoms with E-state index in [2.05, 4.69) is 25.5 Å². The SMILES string of the molecule is CCOC(=O)c1cnc2c(c(C)nn2C)c1NC1CCc2ncnn2C1. The maximum Gasteiger partial charge on any atom is 0.341 e. The van der Waals surface area contributed by atoms with Crippen molar-refractivity contribution in [2.45, 2.75) is 39.3 Å². The molecule has 0 aromatic carbocycles. The molecule has 3 aromatic heterocycles. The van der Waals surface area contributed by atoms with Crippen LogP contribution in [-0.2, 0) is 24.8 Å². The summed E-state index contributed by atoms with van der Waals surface area (Å²) < 4.78 is 8.85. The molecule has 9 heteroatoms. The van der Waals surface area contributed by atoms with Crippen LogP contribution in [0.25, 0.3) is 11.0 Å². The number of aryl methyl sites for hydroxylation is 3. The van der Waals surface area contributed by atoms with Gasteiger partial charge in [0.05, 0.1) is 29.9 Å². The van der Waals surface area contributed by atoms with Gasteiger partial charge in [-0.1, -0.05) is 0 Å². The quantitative estimate of drug-likeness (QED) is 0.707. The van der Waals surface area contributed by atoms with Crippen LogP contribution < -0.4 is 5.32 Å². The van der Waals surface area contributed by atoms with Crippen molar-refractivity contribution >= 4 is 22.7 Å². The van der Waals surface area contributed by atoms with Gasteiger partial charge in [-0.25, -0.2) is 19.4 Å². The number of rotatable bonds is 4. The monoisotopic (exact) mass is 355 g/mol. The van der Waals surface area contributed by atoms with Gasteiger partial charge in [0.25, 0.3) is 0 Å². The number of ether oxygens (including phenoxy) is 1. The van der Waals surface area contributed by atoms with Crippen LogP contribution in [0.4, 0.5) is 5.69 Å². The number of carbonyl (C=O) groups excluding carboxylic acids is 1. The van der Waals surface area contributed by atoms with E-state index in [0.717, 1.165) is 41.1 Å². The second kappa shape index (κ2) is 6.40. The van der Waals surface area contributed by atoms with Gasteiger partial charge in [-0.3, -0.25) is 4.68 Å². The predicted octanol–water partition coefficient (Wildman–Crippen LogP) is 1.47. The molecule has 1 aliphatic rings. The average molecular weight is 355 g/mol. The first kappa shape index (κ1) is 16.5. The number of nitrogens with one attached hydrogen (secondary N) is 1. The van der Waals surface area contributed by atoms with Crippen LogP contribution in [-0.4, -0.2) is 48.1 Å². The van der Waals surface area contributed by atoms with Gasteiger partial charge in [0.2, 0.25) is 0 Å². The summed E-state index contributed by atoms with van der Waals surface area (Å²) >= 11 is 0. The summed E-state index contributed by atoms with van der Waals surface area (Å²) in [6.45, 7) is 4.72. The van der Waals surface area contributed by atoms with Crippen molar-refractivity contribution in [3.63, 3.8) is 0 Å². The Balaban J connectivity index is 1.76. The summed E-state index contributed by atoms with van der Waals surface area (Å²) in [4.78, 5) is 21.1. The lowest BCUT2D eigenvalue weighted by Gasteiger charge is -2.25. The number of fused-ring (bicyclic) bond motifs is 2. The number of anilines is 1. The zero-order valence-corrected chi connectivity index (χ0v) is 15.1. The minimum Gasteiger partial charge on any atom is -0.462 e. The molecule has 1 aliphatic heterocycles. The fourth-order valence-corrected chi connectivity index (χ4v) is 3.48. The van der Waals surface area contributed by atoms with Crippen molar-refractivity contribution in [2.75, 3.05) is 11.9 Å². The molecule has 0 saturated heterocycles. The topological polar surface area (TPSA) is 99.8 Å². The van der Waals surface area contributed by atoms with E-state index in [1.165, 1.54) is 0 Å². The van der Waals surface area contributed by atoms with Crippen LogP contribution >= 0.6 is 0 Å². The molecule has 26 heavy (non-hydrogen) atoms. The van der Waals surface area contributed by atoms with E-state index < -0.39 is 0 Å². The van der Waals surface area contributed by atoms with E-state index in [9.17, 15) is 4.79 Å². The van der Waals surface area contributed by atoms with Crippen LogP contribution in [0, 0.1) is 6.92 Å². The number of esters is 1. The molecule has 1 atom stereocenters. The molecule has 0 aliphatic carbocycles. The Labute approximate surface area is 150 Å². The largest absolute Gasteiger partial charge is 0.462 e.